The molecule has 1 saturated heterocycles. The fourth-order valence-corrected chi connectivity index (χ4v) is 2.19. The molecule has 1 unspecified atom stereocenters. The summed E-state index contributed by atoms with van der Waals surface area (Å²) in [6, 6.07) is -0.444. The lowest BCUT2D eigenvalue weighted by Gasteiger charge is -2.39. The van der Waals surface area contributed by atoms with Gasteiger partial charge in [-0.2, -0.15) is 0 Å². The Bertz CT molecular complexity index is 276. The summed E-state index contributed by atoms with van der Waals surface area (Å²) in [5.41, 5.74) is -0.0952. The third-order valence-corrected chi connectivity index (χ3v) is 3.37. The van der Waals surface area contributed by atoms with Gasteiger partial charge in [0, 0.05) is 25.7 Å². The second-order valence-electron chi connectivity index (χ2n) is 4.96. The van der Waals surface area contributed by atoms with Gasteiger partial charge in [0.2, 0.25) is 5.91 Å². The van der Waals surface area contributed by atoms with E-state index in [0.29, 0.717) is 6.54 Å². The van der Waals surface area contributed by atoms with Crippen molar-refractivity contribution < 1.29 is 9.90 Å². The summed E-state index contributed by atoms with van der Waals surface area (Å²) in [5.74, 6) is -0.00470. The third-order valence-electron chi connectivity index (χ3n) is 3.37. The first-order valence-electron chi connectivity index (χ1n) is 5.67. The largest absolute Gasteiger partial charge is 0.394 e. The van der Waals surface area contributed by atoms with Crippen molar-refractivity contribution >= 4 is 5.91 Å². The molecule has 4 heteroatoms. The molecule has 4 nitrogen and oxygen atoms in total. The topological polar surface area (TPSA) is 43.8 Å². The molecule has 0 radical (unpaired) electrons. The third kappa shape index (κ3) is 2.44. The maximum absolute atomic E-state index is 12.0. The van der Waals surface area contributed by atoms with Crippen LogP contribution in [0.4, 0.5) is 0 Å². The maximum Gasteiger partial charge on any atom is 0.242 e. The van der Waals surface area contributed by atoms with Crippen molar-refractivity contribution in [2.75, 3.05) is 26.7 Å². The van der Waals surface area contributed by atoms with E-state index < -0.39 is 6.04 Å². The van der Waals surface area contributed by atoms with Gasteiger partial charge in [-0.25, -0.2) is 0 Å². The minimum absolute atomic E-state index is 0.00470. The molecule has 1 N–H and O–H groups in total. The molecule has 92 valence electrons. The van der Waals surface area contributed by atoms with Crippen LogP contribution >= 0.6 is 0 Å². The molecule has 1 atom stereocenters. The number of hydrogen-bond donors (Lipinski definition) is 1. The van der Waals surface area contributed by atoms with Crippen LogP contribution < -0.4 is 0 Å². The summed E-state index contributed by atoms with van der Waals surface area (Å²) >= 11 is 0. The number of aliphatic hydroxyl groups excluding tert-OH is 1. The number of likely N-dealkylation sites (N-methyl/N-ethyl adjacent to an activating group) is 1. The van der Waals surface area contributed by atoms with Crippen molar-refractivity contribution in [3.63, 3.8) is 0 Å². The first kappa shape index (κ1) is 13.2. The molecule has 16 heavy (non-hydrogen) atoms. The molecule has 1 aliphatic heterocycles. The summed E-state index contributed by atoms with van der Waals surface area (Å²) in [4.78, 5) is 15.8. The predicted octanol–water partition coefficient (Wildman–Crippen LogP) is 0.476. The molecule has 1 amide bonds. The maximum atomic E-state index is 12.0. The number of amides is 1. The molecule has 0 saturated carbocycles. The van der Waals surface area contributed by atoms with E-state index in [1.807, 2.05) is 4.90 Å². The monoisotopic (exact) mass is 226 g/mol. The van der Waals surface area contributed by atoms with Crippen LogP contribution in [-0.2, 0) is 4.79 Å². The molecule has 1 aliphatic rings. The van der Waals surface area contributed by atoms with E-state index in [2.05, 4.69) is 20.4 Å². The molecule has 0 aromatic heterocycles. The van der Waals surface area contributed by atoms with Gasteiger partial charge in [0.1, 0.15) is 6.04 Å². The lowest BCUT2D eigenvalue weighted by atomic mass is 9.97. The lowest BCUT2D eigenvalue weighted by molar-refractivity contribution is -0.136. The second-order valence-corrected chi connectivity index (χ2v) is 4.96. The Labute approximate surface area is 97.5 Å². The van der Waals surface area contributed by atoms with E-state index in [1.165, 1.54) is 0 Å². The van der Waals surface area contributed by atoms with Crippen molar-refractivity contribution in [1.82, 2.24) is 9.80 Å². The standard InChI is InChI=1S/C12H22N2O2/c1-5-7-14-10(9-15)11(16)13(4)8-6-12(14,2)3/h5,10,15H,1,6-9H2,2-4H3. The van der Waals surface area contributed by atoms with Gasteiger partial charge in [-0.05, 0) is 20.3 Å². The normalized spacial score (nSPS) is 26.6. The molecule has 0 aromatic carbocycles. The van der Waals surface area contributed by atoms with E-state index in [4.69, 9.17) is 0 Å². The van der Waals surface area contributed by atoms with Crippen LogP contribution in [0, 0.1) is 0 Å². The zero-order chi connectivity index (χ0) is 12.3. The van der Waals surface area contributed by atoms with Crippen LogP contribution in [0.25, 0.3) is 0 Å². The molecular weight excluding hydrogens is 204 g/mol. The highest BCUT2D eigenvalue weighted by molar-refractivity contribution is 5.82. The number of rotatable bonds is 3. The number of carbonyl (C=O) groups excluding carboxylic acids is 1. The Morgan fingerprint density at radius 3 is 2.75 bits per heavy atom. The SMILES string of the molecule is C=CCN1C(CO)C(=O)N(C)CCC1(C)C. The van der Waals surface area contributed by atoms with Gasteiger partial charge in [-0.15, -0.1) is 6.58 Å². The first-order chi connectivity index (χ1) is 7.44. The predicted molar refractivity (Wildman–Crippen MR) is 64.1 cm³/mol. The van der Waals surface area contributed by atoms with Crippen molar-refractivity contribution in [1.29, 1.82) is 0 Å². The van der Waals surface area contributed by atoms with Crippen LogP contribution in [0.5, 0.6) is 0 Å². The average Bonchev–Trinajstić information content (AvgIpc) is 2.31. The van der Waals surface area contributed by atoms with E-state index in [0.717, 1.165) is 13.0 Å². The Morgan fingerprint density at radius 2 is 2.25 bits per heavy atom. The van der Waals surface area contributed by atoms with Crippen LogP contribution in [0.15, 0.2) is 12.7 Å². The quantitative estimate of drug-likeness (QED) is 0.712. The van der Waals surface area contributed by atoms with Crippen LogP contribution in [0.3, 0.4) is 0 Å². The summed E-state index contributed by atoms with van der Waals surface area (Å²) < 4.78 is 0. The molecular formula is C12H22N2O2. The Morgan fingerprint density at radius 1 is 1.62 bits per heavy atom. The lowest BCUT2D eigenvalue weighted by Crippen LogP contribution is -2.54. The summed E-state index contributed by atoms with van der Waals surface area (Å²) in [6.07, 6.45) is 2.68. The van der Waals surface area contributed by atoms with Crippen molar-refractivity contribution in [3.8, 4) is 0 Å². The molecule has 1 rings (SSSR count). The summed E-state index contributed by atoms with van der Waals surface area (Å²) in [7, 11) is 1.79. The van der Waals surface area contributed by atoms with Crippen molar-refractivity contribution in [3.05, 3.63) is 12.7 Å². The van der Waals surface area contributed by atoms with Crippen LogP contribution in [-0.4, -0.2) is 59.1 Å². The Hall–Kier alpha value is -0.870. The summed E-state index contributed by atoms with van der Waals surface area (Å²) in [6.45, 7) is 9.14. The number of nitrogens with zero attached hydrogens (tertiary/aromatic N) is 2. The molecule has 1 heterocycles. The fourth-order valence-electron chi connectivity index (χ4n) is 2.19. The zero-order valence-corrected chi connectivity index (χ0v) is 10.4. The van der Waals surface area contributed by atoms with Gasteiger partial charge in [0.05, 0.1) is 6.61 Å². The molecule has 0 spiro atoms. The van der Waals surface area contributed by atoms with E-state index >= 15 is 0 Å². The van der Waals surface area contributed by atoms with Gasteiger partial charge in [-0.1, -0.05) is 6.08 Å². The highest BCUT2D eigenvalue weighted by atomic mass is 16.3. The highest BCUT2D eigenvalue weighted by Gasteiger charge is 2.39. The number of hydrogen-bond acceptors (Lipinski definition) is 3. The number of carbonyl (C=O) groups is 1. The van der Waals surface area contributed by atoms with E-state index in [-0.39, 0.29) is 18.1 Å². The van der Waals surface area contributed by atoms with Gasteiger partial charge < -0.3 is 10.0 Å². The van der Waals surface area contributed by atoms with Crippen LogP contribution in [0.2, 0.25) is 0 Å². The molecule has 1 fully saturated rings. The summed E-state index contributed by atoms with van der Waals surface area (Å²) in [5, 5.41) is 9.41. The van der Waals surface area contributed by atoms with Crippen molar-refractivity contribution in [2.24, 2.45) is 0 Å². The first-order valence-corrected chi connectivity index (χ1v) is 5.67. The molecule has 0 aromatic rings. The van der Waals surface area contributed by atoms with E-state index in [9.17, 15) is 9.90 Å². The Balaban J connectivity index is 3.02. The zero-order valence-electron chi connectivity index (χ0n) is 10.4. The van der Waals surface area contributed by atoms with Crippen LogP contribution in [0.1, 0.15) is 20.3 Å². The smallest absolute Gasteiger partial charge is 0.242 e. The van der Waals surface area contributed by atoms with Gasteiger partial charge >= 0.3 is 0 Å². The van der Waals surface area contributed by atoms with Gasteiger partial charge in [0.25, 0.3) is 0 Å². The molecule has 0 bridgehead atoms. The average molecular weight is 226 g/mol. The second kappa shape index (κ2) is 4.97. The number of aliphatic hydroxyl groups is 1. The van der Waals surface area contributed by atoms with Crippen molar-refractivity contribution in [2.45, 2.75) is 31.8 Å². The fraction of sp³-hybridized carbons (Fsp3) is 0.750. The minimum Gasteiger partial charge on any atom is -0.394 e. The van der Waals surface area contributed by atoms with Gasteiger partial charge in [-0.3, -0.25) is 9.69 Å². The van der Waals surface area contributed by atoms with E-state index in [1.54, 1.807) is 18.0 Å². The highest BCUT2D eigenvalue weighted by Crippen LogP contribution is 2.25. The molecule has 0 aliphatic carbocycles. The minimum atomic E-state index is -0.444. The Kier molecular flexibility index (Phi) is 4.10. The van der Waals surface area contributed by atoms with Gasteiger partial charge in [0.15, 0.2) is 0 Å².